The third-order valence-corrected chi connectivity index (χ3v) is 18.2. The van der Waals surface area contributed by atoms with Gasteiger partial charge >= 0.3 is 0 Å². The van der Waals surface area contributed by atoms with Crippen LogP contribution in [-0.2, 0) is 16.2 Å². The third kappa shape index (κ3) is 6.16. The first-order chi connectivity index (χ1) is 36.9. The maximum atomic E-state index is 2.52. The number of benzene rings is 12. The minimum atomic E-state index is -0.314. The molecule has 364 valence electrons. The standard InChI is InChI=1S/C74H58N2/c1-45-52-37-33-48(75(68-31-16-21-46-19-8-10-23-53(46)68)49-34-38-57-55-25-12-14-28-62(55)72(2,3)65(57)42-49)41-61(52)59-27-18-30-64-71(59)70(45)60-40-36-51(44-67(60)74(64,6)7)76(69-32-17-22-47-20-9-11-24-54(47)69)50-35-39-58-56-26-13-15-29-63(56)73(4,5)66(58)43-50/h8-44H,1-7H3. The molecule has 0 unspecified atom stereocenters. The number of nitrogens with zero attached hydrogens (tertiary/aromatic N) is 2. The molecule has 0 bridgehead atoms. The molecule has 12 aromatic rings. The van der Waals surface area contributed by atoms with Crippen LogP contribution in [0.2, 0.25) is 0 Å². The molecule has 0 radical (unpaired) electrons. The van der Waals surface area contributed by atoms with Crippen LogP contribution in [0.25, 0.3) is 76.5 Å². The molecule has 0 fully saturated rings. The average Bonchev–Trinajstić information content (AvgIpc) is 3.98. The second-order valence-corrected chi connectivity index (χ2v) is 23.3. The summed E-state index contributed by atoms with van der Waals surface area (Å²) in [5.74, 6) is 0. The summed E-state index contributed by atoms with van der Waals surface area (Å²) in [6.45, 7) is 16.8. The van der Waals surface area contributed by atoms with Crippen LogP contribution in [-0.4, -0.2) is 0 Å². The average molecular weight is 975 g/mol. The maximum absolute atomic E-state index is 2.52. The zero-order valence-electron chi connectivity index (χ0n) is 44.3. The highest BCUT2D eigenvalue weighted by Crippen LogP contribution is 2.57. The predicted octanol–water partition coefficient (Wildman–Crippen LogP) is 20.5. The molecule has 3 aliphatic carbocycles. The number of anilines is 6. The molecule has 0 aliphatic heterocycles. The van der Waals surface area contributed by atoms with E-state index in [1.54, 1.807) is 0 Å². The molecule has 0 spiro atoms. The van der Waals surface area contributed by atoms with Crippen LogP contribution in [0.4, 0.5) is 34.1 Å². The summed E-state index contributed by atoms with van der Waals surface area (Å²) in [6.07, 6.45) is 0. The SMILES string of the molecule is Cc1c2c3c(cccc3c3cc(N(c4ccc5c(c4)C(C)(C)c4ccccc4-5)c4cccc5ccccc45)ccc13)C(C)(C)c1cc(N(c3ccc4c(c3)C(C)(C)c3ccccc3-4)c3cccc4ccccc34)ccc1-2. The van der Waals surface area contributed by atoms with Crippen LogP contribution in [0, 0.1) is 6.92 Å². The molecule has 0 atom stereocenters. The molecule has 0 saturated heterocycles. The first-order valence-corrected chi connectivity index (χ1v) is 27.1. The quantitative estimate of drug-likeness (QED) is 0.153. The fourth-order valence-corrected chi connectivity index (χ4v) is 14.3. The van der Waals surface area contributed by atoms with Crippen molar-refractivity contribution in [2.45, 2.75) is 64.7 Å². The molecule has 2 nitrogen and oxygen atoms in total. The molecule has 2 heteroatoms. The highest BCUT2D eigenvalue weighted by molar-refractivity contribution is 6.19. The van der Waals surface area contributed by atoms with Gasteiger partial charge in [0.15, 0.2) is 0 Å². The van der Waals surface area contributed by atoms with E-state index in [1.807, 2.05) is 0 Å². The number of hydrogen-bond acceptors (Lipinski definition) is 2. The lowest BCUT2D eigenvalue weighted by molar-refractivity contribution is 0.645. The van der Waals surface area contributed by atoms with Crippen molar-refractivity contribution in [2.75, 3.05) is 9.80 Å². The summed E-state index contributed by atoms with van der Waals surface area (Å²) >= 11 is 0. The summed E-state index contributed by atoms with van der Waals surface area (Å²) in [6, 6.07) is 85.0. The Balaban J connectivity index is 0.918. The van der Waals surface area contributed by atoms with Gasteiger partial charge in [-0.05, 0) is 172 Å². The Morgan fingerprint density at radius 2 is 0.658 bits per heavy atom. The second-order valence-electron chi connectivity index (χ2n) is 23.3. The van der Waals surface area contributed by atoms with Gasteiger partial charge in [0.05, 0.1) is 11.4 Å². The molecule has 3 aliphatic rings. The van der Waals surface area contributed by atoms with E-state index in [0.717, 1.165) is 22.7 Å². The third-order valence-electron chi connectivity index (χ3n) is 18.2. The molecule has 15 rings (SSSR count). The van der Waals surface area contributed by atoms with Crippen LogP contribution >= 0.6 is 0 Å². The lowest BCUT2D eigenvalue weighted by atomic mass is 9.67. The van der Waals surface area contributed by atoms with Crippen molar-refractivity contribution in [1.29, 1.82) is 0 Å². The Bertz CT molecular complexity index is 4460. The van der Waals surface area contributed by atoms with Crippen molar-refractivity contribution in [3.05, 3.63) is 263 Å². The van der Waals surface area contributed by atoms with Crippen LogP contribution in [0.5, 0.6) is 0 Å². The van der Waals surface area contributed by atoms with Crippen molar-refractivity contribution >= 4 is 77.2 Å². The van der Waals surface area contributed by atoms with Crippen LogP contribution < -0.4 is 9.80 Å². The topological polar surface area (TPSA) is 6.48 Å². The zero-order chi connectivity index (χ0) is 51.4. The molecule has 76 heavy (non-hydrogen) atoms. The number of fused-ring (bicyclic) bond motifs is 12. The largest absolute Gasteiger partial charge is 0.310 e. The van der Waals surface area contributed by atoms with E-state index in [-0.39, 0.29) is 16.2 Å². The van der Waals surface area contributed by atoms with E-state index in [9.17, 15) is 0 Å². The van der Waals surface area contributed by atoms with E-state index in [2.05, 4.69) is 283 Å². The van der Waals surface area contributed by atoms with Crippen molar-refractivity contribution in [2.24, 2.45) is 0 Å². The molecule has 0 aromatic heterocycles. The molecule has 0 amide bonds. The number of aryl methyl sites for hydroxylation is 1. The first kappa shape index (κ1) is 44.7. The Hall–Kier alpha value is -8.72. The number of rotatable bonds is 6. The Labute approximate surface area is 446 Å². The van der Waals surface area contributed by atoms with E-state index >= 15 is 0 Å². The van der Waals surface area contributed by atoms with Crippen molar-refractivity contribution in [1.82, 2.24) is 0 Å². The molecular weight excluding hydrogens is 917 g/mol. The van der Waals surface area contributed by atoms with Gasteiger partial charge in [-0.1, -0.05) is 205 Å². The Kier molecular flexibility index (Phi) is 9.36. The summed E-state index contributed by atoms with van der Waals surface area (Å²) in [7, 11) is 0. The summed E-state index contributed by atoms with van der Waals surface area (Å²) < 4.78 is 0. The Morgan fingerprint density at radius 3 is 1.21 bits per heavy atom. The van der Waals surface area contributed by atoms with Crippen molar-refractivity contribution in [3.8, 4) is 33.4 Å². The highest BCUT2D eigenvalue weighted by atomic mass is 15.1. The van der Waals surface area contributed by atoms with E-state index < -0.39 is 0 Å². The van der Waals surface area contributed by atoms with Gasteiger partial charge < -0.3 is 9.80 Å². The smallest absolute Gasteiger partial charge is 0.0540 e. The molecule has 0 N–H and O–H groups in total. The van der Waals surface area contributed by atoms with E-state index in [0.29, 0.717) is 0 Å². The normalized spacial score (nSPS) is 14.8. The van der Waals surface area contributed by atoms with Gasteiger partial charge in [0.1, 0.15) is 0 Å². The van der Waals surface area contributed by atoms with Crippen molar-refractivity contribution in [3.63, 3.8) is 0 Å². The van der Waals surface area contributed by atoms with Gasteiger partial charge in [-0.25, -0.2) is 0 Å². The zero-order valence-corrected chi connectivity index (χ0v) is 44.3. The van der Waals surface area contributed by atoms with Gasteiger partial charge in [0.2, 0.25) is 0 Å². The van der Waals surface area contributed by atoms with Crippen LogP contribution in [0.3, 0.4) is 0 Å². The summed E-state index contributed by atoms with van der Waals surface area (Å²) in [5, 5.41) is 10.1. The maximum Gasteiger partial charge on any atom is 0.0540 e. The molecular formula is C74H58N2. The minimum Gasteiger partial charge on any atom is -0.310 e. The lowest BCUT2D eigenvalue weighted by Gasteiger charge is -2.38. The number of hydrogen-bond donors (Lipinski definition) is 0. The van der Waals surface area contributed by atoms with Crippen LogP contribution in [0.1, 0.15) is 80.5 Å². The highest BCUT2D eigenvalue weighted by Gasteiger charge is 2.39. The molecule has 12 aromatic carbocycles. The summed E-state index contributed by atoms with van der Waals surface area (Å²) in [4.78, 5) is 5.03. The minimum absolute atomic E-state index is 0.131. The fourth-order valence-electron chi connectivity index (χ4n) is 14.3. The summed E-state index contributed by atoms with van der Waals surface area (Å²) in [5.41, 5.74) is 23.9. The van der Waals surface area contributed by atoms with Gasteiger partial charge in [-0.15, -0.1) is 0 Å². The van der Waals surface area contributed by atoms with Gasteiger partial charge in [0.25, 0.3) is 0 Å². The molecule has 0 saturated carbocycles. The first-order valence-electron chi connectivity index (χ1n) is 27.1. The lowest BCUT2D eigenvalue weighted by Crippen LogP contribution is -2.25. The predicted molar refractivity (Wildman–Crippen MR) is 323 cm³/mol. The van der Waals surface area contributed by atoms with Gasteiger partial charge in [0, 0.05) is 49.8 Å². The van der Waals surface area contributed by atoms with Gasteiger partial charge in [-0.2, -0.15) is 0 Å². The van der Waals surface area contributed by atoms with E-state index in [1.165, 1.54) is 127 Å². The second kappa shape index (κ2) is 15.9. The van der Waals surface area contributed by atoms with Gasteiger partial charge in [-0.3, -0.25) is 0 Å². The van der Waals surface area contributed by atoms with Crippen LogP contribution in [0.15, 0.2) is 224 Å². The fraction of sp³-hybridized carbons (Fsp3) is 0.135. The Morgan fingerprint density at radius 1 is 0.276 bits per heavy atom. The molecule has 0 heterocycles. The van der Waals surface area contributed by atoms with E-state index in [4.69, 9.17) is 0 Å². The monoisotopic (exact) mass is 974 g/mol. The van der Waals surface area contributed by atoms with Crippen molar-refractivity contribution < 1.29 is 0 Å².